The normalized spacial score (nSPS) is 27.4. The van der Waals surface area contributed by atoms with Gasteiger partial charge < -0.3 is 25.3 Å². The third-order valence-electron chi connectivity index (χ3n) is 5.15. The molecule has 2 unspecified atom stereocenters. The number of carbonyl (C=O) groups excluding carboxylic acids is 1. The lowest BCUT2D eigenvalue weighted by Gasteiger charge is -2.57. The Bertz CT molecular complexity index is 617. The van der Waals surface area contributed by atoms with E-state index in [1.165, 1.54) is 0 Å². The van der Waals surface area contributed by atoms with E-state index in [9.17, 15) is 4.79 Å². The summed E-state index contributed by atoms with van der Waals surface area (Å²) in [6.07, 6.45) is 0.549. The van der Waals surface area contributed by atoms with E-state index in [0.717, 1.165) is 5.56 Å². The first-order valence-electron chi connectivity index (χ1n) is 7.96. The van der Waals surface area contributed by atoms with Crippen molar-refractivity contribution in [3.8, 4) is 11.5 Å². The van der Waals surface area contributed by atoms with Crippen LogP contribution in [-0.4, -0.2) is 30.9 Å². The number of hydrogen-bond acceptors (Lipinski definition) is 5. The van der Waals surface area contributed by atoms with E-state index < -0.39 is 11.0 Å². The van der Waals surface area contributed by atoms with Gasteiger partial charge in [-0.05, 0) is 13.0 Å². The zero-order chi connectivity index (χ0) is 16.7. The molecule has 0 spiro atoms. The maximum atomic E-state index is 12.6. The quantitative estimate of drug-likeness (QED) is 0.860. The average molecular weight is 320 g/mol. The minimum absolute atomic E-state index is 0.0148. The van der Waals surface area contributed by atoms with Crippen molar-refractivity contribution < 1.29 is 19.0 Å². The van der Waals surface area contributed by atoms with Crippen molar-refractivity contribution in [2.75, 3.05) is 13.4 Å². The highest BCUT2D eigenvalue weighted by Crippen LogP contribution is 2.49. The van der Waals surface area contributed by atoms with Crippen LogP contribution in [0.15, 0.2) is 18.2 Å². The molecule has 1 aliphatic heterocycles. The predicted octanol–water partition coefficient (Wildman–Crippen LogP) is 1.56. The fourth-order valence-electron chi connectivity index (χ4n) is 3.28. The van der Waals surface area contributed by atoms with Gasteiger partial charge in [-0.15, -0.1) is 0 Å². The van der Waals surface area contributed by atoms with Gasteiger partial charge in [0.15, 0.2) is 11.5 Å². The van der Waals surface area contributed by atoms with Crippen LogP contribution >= 0.6 is 0 Å². The molecule has 2 atom stereocenters. The molecule has 126 valence electrons. The Balaban J connectivity index is 1.66. The highest BCUT2D eigenvalue weighted by Gasteiger charge is 2.62. The number of nitrogens with one attached hydrogen (secondary N) is 1. The summed E-state index contributed by atoms with van der Waals surface area (Å²) in [7, 11) is 0. The van der Waals surface area contributed by atoms with Crippen molar-refractivity contribution >= 4 is 5.91 Å². The third-order valence-corrected chi connectivity index (χ3v) is 5.15. The van der Waals surface area contributed by atoms with E-state index in [0.29, 0.717) is 31.1 Å². The van der Waals surface area contributed by atoms with E-state index in [1.807, 2.05) is 39.0 Å². The van der Waals surface area contributed by atoms with Crippen LogP contribution in [0.25, 0.3) is 0 Å². The van der Waals surface area contributed by atoms with Crippen LogP contribution in [0.3, 0.4) is 0 Å². The molecule has 1 heterocycles. The lowest BCUT2D eigenvalue weighted by Crippen LogP contribution is -2.75. The molecular formula is C17H24N2O4. The van der Waals surface area contributed by atoms with Crippen LogP contribution in [0.4, 0.5) is 0 Å². The molecule has 23 heavy (non-hydrogen) atoms. The number of benzene rings is 1. The Hall–Kier alpha value is -1.79. The van der Waals surface area contributed by atoms with E-state index in [2.05, 4.69) is 5.32 Å². The smallest absolute Gasteiger partial charge is 0.241 e. The monoisotopic (exact) mass is 320 g/mol. The Morgan fingerprint density at radius 1 is 1.43 bits per heavy atom. The molecule has 0 aromatic heterocycles. The van der Waals surface area contributed by atoms with Crippen LogP contribution in [0.2, 0.25) is 0 Å². The van der Waals surface area contributed by atoms with Gasteiger partial charge in [0, 0.05) is 30.6 Å². The maximum absolute atomic E-state index is 12.6. The van der Waals surface area contributed by atoms with Crippen molar-refractivity contribution in [1.29, 1.82) is 0 Å². The summed E-state index contributed by atoms with van der Waals surface area (Å²) in [5.74, 6) is 1.24. The van der Waals surface area contributed by atoms with E-state index in [4.69, 9.17) is 19.9 Å². The molecule has 0 bridgehead atoms. The lowest BCUT2D eigenvalue weighted by atomic mass is 9.54. The first-order chi connectivity index (χ1) is 10.9. The van der Waals surface area contributed by atoms with E-state index in [1.54, 1.807) is 0 Å². The summed E-state index contributed by atoms with van der Waals surface area (Å²) in [6.45, 7) is 7.11. The molecule has 2 aliphatic rings. The minimum atomic E-state index is -0.915. The Kier molecular flexibility index (Phi) is 3.98. The molecule has 6 heteroatoms. The lowest BCUT2D eigenvalue weighted by molar-refractivity contribution is -0.170. The van der Waals surface area contributed by atoms with Crippen molar-refractivity contribution in [1.82, 2.24) is 5.32 Å². The summed E-state index contributed by atoms with van der Waals surface area (Å²) in [6, 6.07) is 5.64. The molecule has 3 rings (SSSR count). The molecule has 1 amide bonds. The number of fused-ring (bicyclic) bond motifs is 1. The van der Waals surface area contributed by atoms with E-state index in [-0.39, 0.29) is 18.8 Å². The molecule has 1 aromatic carbocycles. The summed E-state index contributed by atoms with van der Waals surface area (Å²) >= 11 is 0. The van der Waals surface area contributed by atoms with E-state index >= 15 is 0 Å². The number of carbonyl (C=O) groups is 1. The Labute approximate surface area is 136 Å². The number of para-hydroxylation sites is 1. The topological polar surface area (TPSA) is 82.8 Å². The fourth-order valence-corrected chi connectivity index (χ4v) is 3.28. The van der Waals surface area contributed by atoms with Gasteiger partial charge in [0.2, 0.25) is 12.7 Å². The van der Waals surface area contributed by atoms with Crippen LogP contribution < -0.4 is 20.5 Å². The number of amides is 1. The van der Waals surface area contributed by atoms with Crippen LogP contribution in [0, 0.1) is 5.41 Å². The van der Waals surface area contributed by atoms with Gasteiger partial charge in [-0.25, -0.2) is 0 Å². The van der Waals surface area contributed by atoms with Crippen LogP contribution in [-0.2, 0) is 16.1 Å². The van der Waals surface area contributed by atoms with Gasteiger partial charge in [-0.2, -0.15) is 0 Å². The molecule has 1 aliphatic carbocycles. The van der Waals surface area contributed by atoms with Gasteiger partial charge in [-0.3, -0.25) is 4.79 Å². The van der Waals surface area contributed by atoms with Gasteiger partial charge in [-0.1, -0.05) is 26.0 Å². The van der Waals surface area contributed by atoms with Gasteiger partial charge in [0.05, 0.1) is 6.10 Å². The molecule has 1 aromatic rings. The summed E-state index contributed by atoms with van der Waals surface area (Å²) in [5, 5.41) is 2.93. The molecule has 0 saturated heterocycles. The zero-order valence-electron chi connectivity index (χ0n) is 13.8. The van der Waals surface area contributed by atoms with Gasteiger partial charge in [0.1, 0.15) is 5.54 Å². The van der Waals surface area contributed by atoms with Crippen molar-refractivity contribution in [2.45, 2.75) is 45.4 Å². The highest BCUT2D eigenvalue weighted by atomic mass is 16.7. The second-order valence-electron chi connectivity index (χ2n) is 6.67. The highest BCUT2D eigenvalue weighted by molar-refractivity contribution is 5.88. The second kappa shape index (κ2) is 5.69. The Morgan fingerprint density at radius 2 is 2.22 bits per heavy atom. The minimum Gasteiger partial charge on any atom is -0.454 e. The molecule has 6 nitrogen and oxygen atoms in total. The summed E-state index contributed by atoms with van der Waals surface area (Å²) in [4.78, 5) is 12.6. The molecular weight excluding hydrogens is 296 g/mol. The number of nitrogens with two attached hydrogens (primary N) is 1. The third kappa shape index (κ3) is 2.46. The van der Waals surface area contributed by atoms with Gasteiger partial charge in [0.25, 0.3) is 0 Å². The Morgan fingerprint density at radius 3 is 2.91 bits per heavy atom. The molecule has 3 N–H and O–H groups in total. The van der Waals surface area contributed by atoms with Crippen LogP contribution in [0.5, 0.6) is 11.5 Å². The van der Waals surface area contributed by atoms with Crippen molar-refractivity contribution in [2.24, 2.45) is 11.1 Å². The summed E-state index contributed by atoms with van der Waals surface area (Å²) < 4.78 is 16.5. The average Bonchev–Trinajstić information content (AvgIpc) is 3.01. The molecule has 1 fully saturated rings. The zero-order valence-corrected chi connectivity index (χ0v) is 13.8. The van der Waals surface area contributed by atoms with Crippen molar-refractivity contribution in [3.63, 3.8) is 0 Å². The van der Waals surface area contributed by atoms with Crippen molar-refractivity contribution in [3.05, 3.63) is 23.8 Å². The van der Waals surface area contributed by atoms with Gasteiger partial charge >= 0.3 is 0 Å². The van der Waals surface area contributed by atoms with Crippen LogP contribution in [0.1, 0.15) is 32.8 Å². The molecule has 1 saturated carbocycles. The predicted molar refractivity (Wildman–Crippen MR) is 85.1 cm³/mol. The maximum Gasteiger partial charge on any atom is 0.241 e. The summed E-state index contributed by atoms with van der Waals surface area (Å²) in [5.41, 5.74) is 5.95. The first kappa shape index (κ1) is 16.1. The first-order valence-corrected chi connectivity index (χ1v) is 7.96. The largest absolute Gasteiger partial charge is 0.454 e. The fraction of sp³-hybridized carbons (Fsp3) is 0.588. The number of ether oxygens (including phenoxy) is 3. The second-order valence-corrected chi connectivity index (χ2v) is 6.67. The molecule has 0 radical (unpaired) electrons. The SMILES string of the molecule is CCOC1CC(N)(C(=O)NCc2cccc3c2OCO3)C1(C)C. The number of hydrogen-bond donors (Lipinski definition) is 2. The standard InChI is InChI=1S/C17H24N2O4/c1-4-21-13-8-17(18,16(13,2)3)15(20)19-9-11-6-5-7-12-14(11)23-10-22-12/h5-7,13H,4,8-10,18H2,1-3H3,(H,19,20). The number of rotatable bonds is 5.